The molecule has 7 heteroatoms. The summed E-state index contributed by atoms with van der Waals surface area (Å²) >= 11 is 0. The van der Waals surface area contributed by atoms with Gasteiger partial charge in [0.25, 0.3) is 0 Å². The van der Waals surface area contributed by atoms with E-state index in [-0.39, 0.29) is 43.6 Å². The summed E-state index contributed by atoms with van der Waals surface area (Å²) in [5.41, 5.74) is 0. The quantitative estimate of drug-likeness (QED) is 0.809. The van der Waals surface area contributed by atoms with Crippen LogP contribution in [0.15, 0.2) is 18.2 Å². The number of rotatable bonds is 5. The Morgan fingerprint density at radius 2 is 1.80 bits per heavy atom. The van der Waals surface area contributed by atoms with Gasteiger partial charge in [0, 0.05) is 6.07 Å². The van der Waals surface area contributed by atoms with Crippen LogP contribution in [-0.4, -0.2) is 47.9 Å². The van der Waals surface area contributed by atoms with Crippen molar-refractivity contribution in [3.05, 3.63) is 18.2 Å². The summed E-state index contributed by atoms with van der Waals surface area (Å²) in [5, 5.41) is 10.2. The van der Waals surface area contributed by atoms with Crippen molar-refractivity contribution in [2.75, 3.05) is 19.9 Å². The zero-order valence-corrected chi connectivity index (χ0v) is 13.8. The van der Waals surface area contributed by atoms with Crippen molar-refractivity contribution >= 4 is 11.8 Å². The van der Waals surface area contributed by atoms with Gasteiger partial charge >= 0.3 is 0 Å². The van der Waals surface area contributed by atoms with Gasteiger partial charge in [0.05, 0.1) is 18.4 Å². The first-order chi connectivity index (χ1) is 12.1. The normalized spacial score (nSPS) is 25.9. The summed E-state index contributed by atoms with van der Waals surface area (Å²) in [5.74, 6) is 1.13. The lowest BCUT2D eigenvalue weighted by Crippen LogP contribution is -2.40. The Balaban J connectivity index is 1.33. The molecule has 0 spiro atoms. The van der Waals surface area contributed by atoms with Crippen molar-refractivity contribution in [1.29, 1.82) is 0 Å². The molecule has 2 heterocycles. The van der Waals surface area contributed by atoms with Gasteiger partial charge in [-0.05, 0) is 25.0 Å². The molecule has 2 fully saturated rings. The third-order valence-corrected chi connectivity index (χ3v) is 5.11. The second-order valence-corrected chi connectivity index (χ2v) is 6.76. The average Bonchev–Trinajstić information content (AvgIpc) is 3.19. The number of hydrogen-bond donors (Lipinski definition) is 1. The van der Waals surface area contributed by atoms with Crippen LogP contribution in [0.2, 0.25) is 0 Å². The lowest BCUT2D eigenvalue weighted by Gasteiger charge is -2.19. The number of carbonyl (C=O) groups excluding carboxylic acids is 2. The number of aliphatic hydroxyl groups excluding tert-OH is 1. The number of hydrogen-bond acceptors (Lipinski definition) is 6. The standard InChI is InChI=1S/C18H21NO6/c20-11(9-23-12-5-6-15-16(7-12)25-10-24-15)8-19-17(21)13-3-1-2-4-14(13)18(19)22/h5-7,11,13-14,20H,1-4,8-10H2/t11-,13-,14-/m1/s1. The largest absolute Gasteiger partial charge is 0.491 e. The van der Waals surface area contributed by atoms with Gasteiger partial charge in [-0.3, -0.25) is 14.5 Å². The molecule has 1 aromatic carbocycles. The highest BCUT2D eigenvalue weighted by molar-refractivity contribution is 6.05. The molecule has 25 heavy (non-hydrogen) atoms. The maximum Gasteiger partial charge on any atom is 0.233 e. The van der Waals surface area contributed by atoms with Crippen LogP contribution < -0.4 is 14.2 Å². The maximum absolute atomic E-state index is 12.4. The number of ether oxygens (including phenoxy) is 3. The van der Waals surface area contributed by atoms with Gasteiger partial charge in [-0.15, -0.1) is 0 Å². The lowest BCUT2D eigenvalue weighted by molar-refractivity contribution is -0.141. The molecule has 2 amide bonds. The number of aliphatic hydroxyl groups is 1. The summed E-state index contributed by atoms with van der Waals surface area (Å²) < 4.78 is 16.1. The first-order valence-electron chi connectivity index (χ1n) is 8.69. The van der Waals surface area contributed by atoms with E-state index in [4.69, 9.17) is 14.2 Å². The fourth-order valence-corrected chi connectivity index (χ4v) is 3.83. The number of benzene rings is 1. The molecule has 134 valence electrons. The predicted molar refractivity (Wildman–Crippen MR) is 86.2 cm³/mol. The molecule has 1 N–H and O–H groups in total. The van der Waals surface area contributed by atoms with Crippen LogP contribution in [0.3, 0.4) is 0 Å². The van der Waals surface area contributed by atoms with Gasteiger partial charge in [-0.1, -0.05) is 12.8 Å². The number of imide groups is 1. The number of carbonyl (C=O) groups is 2. The summed E-state index contributed by atoms with van der Waals surface area (Å²) in [6.45, 7) is 0.157. The molecule has 4 rings (SSSR count). The number of amides is 2. The summed E-state index contributed by atoms with van der Waals surface area (Å²) in [6.07, 6.45) is 2.59. The summed E-state index contributed by atoms with van der Waals surface area (Å²) in [4.78, 5) is 26.0. The Morgan fingerprint density at radius 1 is 1.12 bits per heavy atom. The SMILES string of the molecule is O=C1[C@@H]2CCCC[C@H]2C(=O)N1C[C@@H](O)COc1ccc2c(c1)OCO2. The average molecular weight is 347 g/mol. The van der Waals surface area contributed by atoms with Crippen LogP contribution in [0.5, 0.6) is 17.2 Å². The van der Waals surface area contributed by atoms with E-state index in [9.17, 15) is 14.7 Å². The minimum atomic E-state index is -0.932. The molecular formula is C18H21NO6. The Morgan fingerprint density at radius 3 is 2.52 bits per heavy atom. The Bertz CT molecular complexity index is 666. The molecule has 1 saturated carbocycles. The van der Waals surface area contributed by atoms with Crippen LogP contribution in [0.1, 0.15) is 25.7 Å². The number of nitrogens with zero attached hydrogens (tertiary/aromatic N) is 1. The first kappa shape index (κ1) is 16.2. The van der Waals surface area contributed by atoms with Crippen LogP contribution in [0.25, 0.3) is 0 Å². The molecule has 1 aliphatic carbocycles. The van der Waals surface area contributed by atoms with Crippen LogP contribution in [-0.2, 0) is 9.59 Å². The van der Waals surface area contributed by atoms with Crippen molar-refractivity contribution in [3.8, 4) is 17.2 Å². The van der Waals surface area contributed by atoms with Gasteiger partial charge in [0.2, 0.25) is 18.6 Å². The second kappa shape index (κ2) is 6.55. The molecule has 2 aliphatic heterocycles. The maximum atomic E-state index is 12.4. The van der Waals surface area contributed by atoms with Gasteiger partial charge in [-0.2, -0.15) is 0 Å². The molecule has 0 radical (unpaired) electrons. The summed E-state index contributed by atoms with van der Waals surface area (Å²) in [7, 11) is 0. The minimum absolute atomic E-state index is 0.00790. The fraction of sp³-hybridized carbons (Fsp3) is 0.556. The molecule has 3 atom stereocenters. The molecule has 1 aromatic rings. The van der Waals surface area contributed by atoms with Gasteiger partial charge in [0.15, 0.2) is 11.5 Å². The van der Waals surface area contributed by atoms with E-state index in [1.165, 1.54) is 4.90 Å². The lowest BCUT2D eigenvalue weighted by atomic mass is 9.81. The van der Waals surface area contributed by atoms with Crippen molar-refractivity contribution in [3.63, 3.8) is 0 Å². The summed E-state index contributed by atoms with van der Waals surface area (Å²) in [6, 6.07) is 5.15. The molecule has 0 bridgehead atoms. The monoisotopic (exact) mass is 347 g/mol. The molecule has 7 nitrogen and oxygen atoms in total. The van der Waals surface area contributed by atoms with Crippen molar-refractivity contribution in [1.82, 2.24) is 4.90 Å². The highest BCUT2D eigenvalue weighted by Crippen LogP contribution is 2.38. The molecule has 0 unspecified atom stereocenters. The fourth-order valence-electron chi connectivity index (χ4n) is 3.83. The highest BCUT2D eigenvalue weighted by atomic mass is 16.7. The first-order valence-corrected chi connectivity index (χ1v) is 8.69. The Labute approximate surface area is 145 Å². The van der Waals surface area contributed by atoms with Crippen LogP contribution >= 0.6 is 0 Å². The van der Waals surface area contributed by atoms with Crippen LogP contribution in [0.4, 0.5) is 0 Å². The smallest absolute Gasteiger partial charge is 0.233 e. The Hall–Kier alpha value is -2.28. The van der Waals surface area contributed by atoms with E-state index >= 15 is 0 Å². The van der Waals surface area contributed by atoms with Crippen molar-refractivity contribution in [2.45, 2.75) is 31.8 Å². The van der Waals surface area contributed by atoms with E-state index in [1.54, 1.807) is 18.2 Å². The van der Waals surface area contributed by atoms with Gasteiger partial charge < -0.3 is 19.3 Å². The van der Waals surface area contributed by atoms with E-state index in [2.05, 4.69) is 0 Å². The zero-order valence-electron chi connectivity index (χ0n) is 13.8. The highest BCUT2D eigenvalue weighted by Gasteiger charge is 2.48. The van der Waals surface area contributed by atoms with E-state index in [0.29, 0.717) is 17.2 Å². The third-order valence-electron chi connectivity index (χ3n) is 5.11. The third kappa shape index (κ3) is 3.04. The number of likely N-dealkylation sites (tertiary alicyclic amines) is 1. The molecule has 0 aromatic heterocycles. The van der Waals surface area contributed by atoms with Crippen LogP contribution in [0, 0.1) is 11.8 Å². The zero-order chi connectivity index (χ0) is 17.4. The molecule has 1 saturated heterocycles. The Kier molecular flexibility index (Phi) is 4.25. The topological polar surface area (TPSA) is 85.3 Å². The second-order valence-electron chi connectivity index (χ2n) is 6.76. The number of β-amino-alcohol motifs (C(OH)–C–C–N with tert-alkyl or cyclic N) is 1. The molecule has 3 aliphatic rings. The van der Waals surface area contributed by atoms with Gasteiger partial charge in [-0.25, -0.2) is 0 Å². The van der Waals surface area contributed by atoms with E-state index in [1.807, 2.05) is 0 Å². The van der Waals surface area contributed by atoms with E-state index < -0.39 is 6.10 Å². The van der Waals surface area contributed by atoms with Crippen molar-refractivity contribution in [2.24, 2.45) is 11.8 Å². The number of fused-ring (bicyclic) bond motifs is 2. The molecular weight excluding hydrogens is 326 g/mol. The van der Waals surface area contributed by atoms with E-state index in [0.717, 1.165) is 25.7 Å². The minimum Gasteiger partial charge on any atom is -0.491 e. The predicted octanol–water partition coefficient (Wildman–Crippen LogP) is 1.33. The van der Waals surface area contributed by atoms with Crippen molar-refractivity contribution < 1.29 is 28.9 Å². The van der Waals surface area contributed by atoms with Gasteiger partial charge in [0.1, 0.15) is 18.5 Å².